The molecule has 0 aliphatic carbocycles. The largest absolute Gasteiger partial charge is 1.00 e. The van der Waals surface area contributed by atoms with Gasteiger partial charge in [0.25, 0.3) is 0 Å². The average Bonchev–Trinajstić information content (AvgIpc) is 2.73. The van der Waals surface area contributed by atoms with E-state index in [1.54, 1.807) is 0 Å². The Morgan fingerprint density at radius 2 is 1.74 bits per heavy atom. The molecule has 0 saturated heterocycles. The summed E-state index contributed by atoms with van der Waals surface area (Å²) >= 11 is 3.69. The number of hydrogen-bond acceptors (Lipinski definition) is 0. The van der Waals surface area contributed by atoms with Gasteiger partial charge in [-0.05, 0) is 5.56 Å². The summed E-state index contributed by atoms with van der Waals surface area (Å²) in [4.78, 5) is 0. The van der Waals surface area contributed by atoms with E-state index in [2.05, 4.69) is 82.1 Å². The summed E-state index contributed by atoms with van der Waals surface area (Å²) in [5.74, 6) is 1.13. The predicted octanol–water partition coefficient (Wildman–Crippen LogP) is 0.815. The van der Waals surface area contributed by atoms with Crippen LogP contribution in [0.15, 0.2) is 54.7 Å². The molecule has 0 bridgehead atoms. The van der Waals surface area contributed by atoms with E-state index in [1.165, 1.54) is 11.3 Å². The molecule has 100 valence electrons. The van der Waals surface area contributed by atoms with Crippen molar-refractivity contribution in [1.29, 1.82) is 0 Å². The summed E-state index contributed by atoms with van der Waals surface area (Å²) in [6.45, 7) is 2.34. The van der Waals surface area contributed by atoms with E-state index in [1.807, 2.05) is 0 Å². The number of aromatic nitrogens is 1. The second kappa shape index (κ2) is 6.19. The standard InChI is InChI=1S/C16H17BrN.BrH/c1-12-14-9-5-6-10-18(14)15(11-17)16(12)13-7-3-2-4-8-13;/h2-10,12,15-16H,11H2,1H3;1H/q+1;/p-1/t12-,15-,16+;/m1./s1. The second-order valence-corrected chi connectivity index (χ2v) is 5.63. The number of pyridine rings is 1. The highest BCUT2D eigenvalue weighted by Crippen LogP contribution is 2.43. The molecule has 0 unspecified atom stereocenters. The molecule has 0 spiro atoms. The zero-order valence-electron chi connectivity index (χ0n) is 10.8. The molecule has 0 fully saturated rings. The molecule has 0 amide bonds. The Labute approximate surface area is 133 Å². The Hall–Kier alpha value is -0.670. The van der Waals surface area contributed by atoms with Crippen molar-refractivity contribution in [3.05, 3.63) is 66.0 Å². The average molecular weight is 383 g/mol. The van der Waals surface area contributed by atoms with Crippen molar-refractivity contribution in [3.8, 4) is 0 Å². The summed E-state index contributed by atoms with van der Waals surface area (Å²) in [6, 6.07) is 17.9. The highest BCUT2D eigenvalue weighted by molar-refractivity contribution is 9.09. The molecule has 2 aromatic rings. The van der Waals surface area contributed by atoms with Crippen molar-refractivity contribution in [2.75, 3.05) is 5.33 Å². The van der Waals surface area contributed by atoms with Crippen LogP contribution in [0.1, 0.15) is 36.1 Å². The first kappa shape index (κ1) is 14.7. The van der Waals surface area contributed by atoms with Gasteiger partial charge in [-0.1, -0.05) is 59.3 Å². The van der Waals surface area contributed by atoms with Gasteiger partial charge in [-0.15, -0.1) is 0 Å². The number of nitrogens with zero attached hydrogens (tertiary/aromatic N) is 1. The minimum atomic E-state index is 0. The van der Waals surface area contributed by atoms with Crippen LogP contribution in [0.3, 0.4) is 0 Å². The van der Waals surface area contributed by atoms with Crippen LogP contribution in [0, 0.1) is 0 Å². The van der Waals surface area contributed by atoms with Gasteiger partial charge in [0.1, 0.15) is 0 Å². The molecular formula is C16H17Br2N. The van der Waals surface area contributed by atoms with Crippen molar-refractivity contribution in [2.24, 2.45) is 0 Å². The first-order valence-electron chi connectivity index (χ1n) is 6.44. The van der Waals surface area contributed by atoms with Crippen LogP contribution in [0.2, 0.25) is 0 Å². The fourth-order valence-electron chi connectivity index (χ4n) is 3.20. The topological polar surface area (TPSA) is 3.88 Å². The molecule has 1 aromatic carbocycles. The number of alkyl halides is 1. The lowest BCUT2D eigenvalue weighted by Gasteiger charge is -2.16. The second-order valence-electron chi connectivity index (χ2n) is 4.98. The van der Waals surface area contributed by atoms with Gasteiger partial charge in [0.05, 0.1) is 17.2 Å². The third kappa shape index (κ3) is 2.50. The Balaban J connectivity index is 0.00000133. The number of rotatable bonds is 2. The minimum Gasteiger partial charge on any atom is -1.00 e. The van der Waals surface area contributed by atoms with Gasteiger partial charge in [0.2, 0.25) is 0 Å². The smallest absolute Gasteiger partial charge is 0.185 e. The summed E-state index contributed by atoms with van der Waals surface area (Å²) in [5.41, 5.74) is 2.88. The fourth-order valence-corrected chi connectivity index (χ4v) is 3.92. The van der Waals surface area contributed by atoms with Gasteiger partial charge >= 0.3 is 0 Å². The van der Waals surface area contributed by atoms with E-state index < -0.39 is 0 Å². The number of benzene rings is 1. The van der Waals surface area contributed by atoms with E-state index in [-0.39, 0.29) is 17.0 Å². The maximum atomic E-state index is 3.69. The summed E-state index contributed by atoms with van der Waals surface area (Å²) in [7, 11) is 0. The molecule has 0 saturated carbocycles. The zero-order valence-corrected chi connectivity index (χ0v) is 14.0. The molecule has 1 nitrogen and oxygen atoms in total. The first-order valence-corrected chi connectivity index (χ1v) is 7.56. The third-order valence-electron chi connectivity index (χ3n) is 4.04. The zero-order chi connectivity index (χ0) is 12.5. The van der Waals surface area contributed by atoms with Crippen LogP contribution in [0.25, 0.3) is 0 Å². The number of fused-ring (bicyclic) bond motifs is 1. The Morgan fingerprint density at radius 3 is 2.42 bits per heavy atom. The van der Waals surface area contributed by atoms with Crippen molar-refractivity contribution in [2.45, 2.75) is 24.8 Å². The van der Waals surface area contributed by atoms with Gasteiger partial charge < -0.3 is 17.0 Å². The Morgan fingerprint density at radius 1 is 1.05 bits per heavy atom. The molecule has 3 atom stereocenters. The van der Waals surface area contributed by atoms with Crippen LogP contribution < -0.4 is 21.5 Å². The fraction of sp³-hybridized carbons (Fsp3) is 0.312. The van der Waals surface area contributed by atoms with Crippen molar-refractivity contribution < 1.29 is 21.5 Å². The molecule has 1 aliphatic rings. The van der Waals surface area contributed by atoms with Gasteiger partial charge in [-0.25, -0.2) is 0 Å². The van der Waals surface area contributed by atoms with Crippen molar-refractivity contribution in [1.82, 2.24) is 0 Å². The summed E-state index contributed by atoms with van der Waals surface area (Å²) in [5, 5.41) is 0.999. The van der Waals surface area contributed by atoms with Crippen LogP contribution in [-0.4, -0.2) is 5.33 Å². The lowest BCUT2D eigenvalue weighted by atomic mass is 9.84. The monoisotopic (exact) mass is 381 g/mol. The van der Waals surface area contributed by atoms with Gasteiger partial charge in [0.15, 0.2) is 17.9 Å². The lowest BCUT2D eigenvalue weighted by Crippen LogP contribution is -3.00. The predicted molar refractivity (Wildman–Crippen MR) is 77.1 cm³/mol. The van der Waals surface area contributed by atoms with E-state index >= 15 is 0 Å². The Kier molecular flexibility index (Phi) is 4.80. The van der Waals surface area contributed by atoms with Gasteiger partial charge in [-0.2, -0.15) is 4.57 Å². The molecule has 19 heavy (non-hydrogen) atoms. The van der Waals surface area contributed by atoms with Crippen molar-refractivity contribution >= 4 is 15.9 Å². The molecule has 3 heteroatoms. The van der Waals surface area contributed by atoms with E-state index in [0.717, 1.165) is 5.33 Å². The third-order valence-corrected chi connectivity index (χ3v) is 4.71. The normalized spacial score (nSPS) is 24.6. The molecule has 0 radical (unpaired) electrons. The number of hydrogen-bond donors (Lipinski definition) is 0. The minimum absolute atomic E-state index is 0. The van der Waals surface area contributed by atoms with Crippen LogP contribution >= 0.6 is 15.9 Å². The highest BCUT2D eigenvalue weighted by atomic mass is 79.9. The van der Waals surface area contributed by atoms with E-state index in [4.69, 9.17) is 0 Å². The Bertz CT molecular complexity index is 541. The highest BCUT2D eigenvalue weighted by Gasteiger charge is 2.45. The van der Waals surface area contributed by atoms with Gasteiger partial charge in [0, 0.05) is 12.1 Å². The van der Waals surface area contributed by atoms with Gasteiger partial charge in [-0.3, -0.25) is 0 Å². The summed E-state index contributed by atoms with van der Waals surface area (Å²) in [6.07, 6.45) is 2.21. The van der Waals surface area contributed by atoms with E-state index in [9.17, 15) is 0 Å². The van der Waals surface area contributed by atoms with Crippen LogP contribution in [0.4, 0.5) is 0 Å². The van der Waals surface area contributed by atoms with Crippen LogP contribution in [-0.2, 0) is 0 Å². The maximum Gasteiger partial charge on any atom is 0.185 e. The summed E-state index contributed by atoms with van der Waals surface area (Å²) < 4.78 is 2.43. The molecule has 1 aromatic heterocycles. The number of halogens is 2. The molecule has 2 heterocycles. The quantitative estimate of drug-likeness (QED) is 0.534. The van der Waals surface area contributed by atoms with Crippen molar-refractivity contribution in [3.63, 3.8) is 0 Å². The van der Waals surface area contributed by atoms with Crippen LogP contribution in [0.5, 0.6) is 0 Å². The SMILES string of the molecule is C[C@@H]1c2cccc[n+]2[C@H](CBr)[C@@H]1c1ccccc1.[Br-]. The maximum absolute atomic E-state index is 3.69. The first-order chi connectivity index (χ1) is 8.83. The lowest BCUT2D eigenvalue weighted by molar-refractivity contribution is -0.713. The molecule has 1 aliphatic heterocycles. The molecule has 3 rings (SSSR count). The van der Waals surface area contributed by atoms with E-state index in [0.29, 0.717) is 17.9 Å². The molecular weight excluding hydrogens is 366 g/mol. The molecule has 0 N–H and O–H groups in total.